The maximum absolute atomic E-state index is 12.7. The number of aliphatic hydroxyl groups is 1. The third-order valence-electron chi connectivity index (χ3n) is 4.72. The molecule has 3 N–H and O–H groups in total. The highest BCUT2D eigenvalue weighted by Crippen LogP contribution is 2.30. The molecule has 7 heteroatoms. The first-order chi connectivity index (χ1) is 13.5. The third-order valence-corrected chi connectivity index (χ3v) is 5.79. The van der Waals surface area contributed by atoms with E-state index in [9.17, 15) is 14.7 Å². The van der Waals surface area contributed by atoms with Crippen LogP contribution >= 0.6 is 11.3 Å². The number of hydrogen-bond donors (Lipinski definition) is 3. The minimum atomic E-state index is -1.31. The van der Waals surface area contributed by atoms with Crippen LogP contribution < -0.4 is 10.6 Å². The third kappa shape index (κ3) is 5.87. The van der Waals surface area contributed by atoms with Gasteiger partial charge in [0.25, 0.3) is 5.91 Å². The number of aliphatic hydroxyl groups excluding tert-OH is 1. The number of anilines is 1. The van der Waals surface area contributed by atoms with Gasteiger partial charge >= 0.3 is 0 Å². The number of rotatable bonds is 10. The Hall–Kier alpha value is -2.25. The van der Waals surface area contributed by atoms with Gasteiger partial charge in [-0.25, -0.2) is 4.98 Å². The molecule has 6 nitrogen and oxygen atoms in total. The zero-order valence-corrected chi connectivity index (χ0v) is 17.5. The van der Waals surface area contributed by atoms with Crippen LogP contribution in [0.5, 0.6) is 0 Å². The van der Waals surface area contributed by atoms with Gasteiger partial charge in [0.1, 0.15) is 6.04 Å². The minimum absolute atomic E-state index is 0.319. The Labute approximate surface area is 170 Å². The molecule has 0 fully saturated rings. The summed E-state index contributed by atoms with van der Waals surface area (Å²) in [6.45, 7) is 6.21. The van der Waals surface area contributed by atoms with Gasteiger partial charge in [-0.1, -0.05) is 57.5 Å². The summed E-state index contributed by atoms with van der Waals surface area (Å²) in [6.07, 6.45) is 3.75. The van der Waals surface area contributed by atoms with E-state index in [1.165, 1.54) is 11.3 Å². The zero-order valence-electron chi connectivity index (χ0n) is 16.6. The molecule has 0 aliphatic heterocycles. The van der Waals surface area contributed by atoms with Crippen molar-refractivity contribution in [1.82, 2.24) is 10.3 Å². The van der Waals surface area contributed by atoms with Crippen LogP contribution in [0.3, 0.4) is 0 Å². The van der Waals surface area contributed by atoms with E-state index in [0.29, 0.717) is 23.0 Å². The Morgan fingerprint density at radius 1 is 1.11 bits per heavy atom. The topological polar surface area (TPSA) is 91.3 Å². The molecule has 152 valence electrons. The van der Waals surface area contributed by atoms with Crippen molar-refractivity contribution in [3.63, 3.8) is 0 Å². The summed E-state index contributed by atoms with van der Waals surface area (Å²) in [6, 6.07) is 7.94. The molecule has 2 atom stereocenters. The number of carbonyl (C=O) groups is 2. The summed E-state index contributed by atoms with van der Waals surface area (Å²) in [7, 11) is 0. The molecule has 2 aromatic rings. The largest absolute Gasteiger partial charge is 0.378 e. The highest BCUT2D eigenvalue weighted by molar-refractivity contribution is 7.15. The number of hydrogen-bond acceptors (Lipinski definition) is 5. The van der Waals surface area contributed by atoms with Gasteiger partial charge in [0.05, 0.1) is 0 Å². The molecule has 0 spiro atoms. The predicted molar refractivity (Wildman–Crippen MR) is 112 cm³/mol. The summed E-state index contributed by atoms with van der Waals surface area (Å²) in [5.74, 6) is -0.465. The molecule has 1 aromatic carbocycles. The quantitative estimate of drug-likeness (QED) is 0.559. The molecule has 0 radical (unpaired) electrons. The Balaban J connectivity index is 2.02. The summed E-state index contributed by atoms with van der Waals surface area (Å²) in [5.41, 5.74) is 0.491. The number of aromatic nitrogens is 1. The van der Waals surface area contributed by atoms with Gasteiger partial charge in [-0.05, 0) is 30.7 Å². The maximum atomic E-state index is 12.7. The lowest BCUT2D eigenvalue weighted by atomic mass is 10.0. The molecule has 2 unspecified atom stereocenters. The molecule has 0 aliphatic rings. The standard InChI is InChI=1S/C21H29N3O3S/c1-4-10-16(23-20(27)18(25)15-11-8-7-9-12-15)19(26)24-21-22-13-17(28-21)14(5-2)6-3/h7-9,11-14,16,18,25H,4-6,10H2,1-3H3,(H,23,27)(H,22,24,26). The van der Waals surface area contributed by atoms with Crippen molar-refractivity contribution in [1.29, 1.82) is 0 Å². The Morgan fingerprint density at radius 2 is 1.79 bits per heavy atom. The highest BCUT2D eigenvalue weighted by atomic mass is 32.1. The fourth-order valence-corrected chi connectivity index (χ4v) is 4.10. The van der Waals surface area contributed by atoms with Crippen LogP contribution in [0.4, 0.5) is 5.13 Å². The van der Waals surface area contributed by atoms with Crippen molar-refractivity contribution in [2.45, 2.75) is 64.5 Å². The lowest BCUT2D eigenvalue weighted by Crippen LogP contribution is -2.45. The van der Waals surface area contributed by atoms with Crippen molar-refractivity contribution in [2.75, 3.05) is 5.32 Å². The SMILES string of the molecule is CCCC(NC(=O)C(O)c1ccccc1)C(=O)Nc1ncc(C(CC)CC)s1. The van der Waals surface area contributed by atoms with Gasteiger partial charge in [-0.15, -0.1) is 11.3 Å². The van der Waals surface area contributed by atoms with Gasteiger partial charge in [-0.3, -0.25) is 9.59 Å². The summed E-state index contributed by atoms with van der Waals surface area (Å²) < 4.78 is 0. The molecule has 0 bridgehead atoms. The van der Waals surface area contributed by atoms with E-state index >= 15 is 0 Å². The number of nitrogens with zero attached hydrogens (tertiary/aromatic N) is 1. The minimum Gasteiger partial charge on any atom is -0.378 e. The van der Waals surface area contributed by atoms with E-state index in [1.807, 2.05) is 19.2 Å². The Morgan fingerprint density at radius 3 is 2.39 bits per heavy atom. The van der Waals surface area contributed by atoms with Crippen molar-refractivity contribution < 1.29 is 14.7 Å². The lowest BCUT2D eigenvalue weighted by Gasteiger charge is -2.19. The monoisotopic (exact) mass is 403 g/mol. The van der Waals surface area contributed by atoms with Crippen molar-refractivity contribution in [3.05, 3.63) is 47.0 Å². The molecule has 1 aromatic heterocycles. The van der Waals surface area contributed by atoms with Crippen LogP contribution in [-0.4, -0.2) is 27.9 Å². The second-order valence-corrected chi connectivity index (χ2v) is 7.80. The van der Waals surface area contributed by atoms with Gasteiger partial charge in [-0.2, -0.15) is 0 Å². The zero-order chi connectivity index (χ0) is 20.5. The molecule has 28 heavy (non-hydrogen) atoms. The molecule has 2 amide bonds. The molecule has 0 saturated heterocycles. The summed E-state index contributed by atoms with van der Waals surface area (Å²) in [4.78, 5) is 30.5. The number of carbonyl (C=O) groups excluding carboxylic acids is 2. The smallest absolute Gasteiger partial charge is 0.254 e. The second kappa shape index (κ2) is 10.9. The molecule has 0 saturated carbocycles. The fraction of sp³-hybridized carbons (Fsp3) is 0.476. The van der Waals surface area contributed by atoms with Crippen molar-refractivity contribution in [2.24, 2.45) is 0 Å². The molecular weight excluding hydrogens is 374 g/mol. The van der Waals surface area contributed by atoms with E-state index < -0.39 is 18.1 Å². The average Bonchev–Trinajstić information content (AvgIpc) is 3.16. The lowest BCUT2D eigenvalue weighted by molar-refractivity contribution is -0.133. The van der Waals surface area contributed by atoms with Crippen molar-refractivity contribution in [3.8, 4) is 0 Å². The van der Waals surface area contributed by atoms with Crippen LogP contribution in [0.2, 0.25) is 0 Å². The van der Waals surface area contributed by atoms with E-state index in [2.05, 4.69) is 29.5 Å². The average molecular weight is 404 g/mol. The van der Waals surface area contributed by atoms with Crippen LogP contribution in [0.1, 0.15) is 68.9 Å². The molecular formula is C21H29N3O3S. The summed E-state index contributed by atoms with van der Waals surface area (Å²) >= 11 is 1.47. The van der Waals surface area contributed by atoms with Crippen LogP contribution in [0, 0.1) is 0 Å². The number of benzene rings is 1. The van der Waals surface area contributed by atoms with E-state index in [4.69, 9.17) is 0 Å². The van der Waals surface area contributed by atoms with Gasteiger partial charge in [0, 0.05) is 11.1 Å². The van der Waals surface area contributed by atoms with Crippen LogP contribution in [0.15, 0.2) is 36.5 Å². The Bertz CT molecular complexity index is 759. The predicted octanol–water partition coefficient (Wildman–Crippen LogP) is 4.00. The molecule has 1 heterocycles. The van der Waals surface area contributed by atoms with E-state index in [1.54, 1.807) is 24.3 Å². The van der Waals surface area contributed by atoms with Crippen LogP contribution in [-0.2, 0) is 9.59 Å². The number of amides is 2. The maximum Gasteiger partial charge on any atom is 0.254 e. The van der Waals surface area contributed by atoms with E-state index in [0.717, 1.165) is 24.1 Å². The normalized spacial score (nSPS) is 13.2. The van der Waals surface area contributed by atoms with E-state index in [-0.39, 0.29) is 5.91 Å². The summed E-state index contributed by atoms with van der Waals surface area (Å²) in [5, 5.41) is 16.2. The first kappa shape index (κ1) is 22.0. The second-order valence-electron chi connectivity index (χ2n) is 6.73. The van der Waals surface area contributed by atoms with Gasteiger partial charge in [0.2, 0.25) is 5.91 Å². The first-order valence-electron chi connectivity index (χ1n) is 9.80. The van der Waals surface area contributed by atoms with Gasteiger partial charge in [0.15, 0.2) is 11.2 Å². The highest BCUT2D eigenvalue weighted by Gasteiger charge is 2.25. The Kier molecular flexibility index (Phi) is 8.60. The number of nitrogens with one attached hydrogen (secondary N) is 2. The fourth-order valence-electron chi connectivity index (χ4n) is 3.01. The van der Waals surface area contributed by atoms with Crippen LogP contribution in [0.25, 0.3) is 0 Å². The first-order valence-corrected chi connectivity index (χ1v) is 10.6. The van der Waals surface area contributed by atoms with Crippen molar-refractivity contribution >= 4 is 28.3 Å². The molecule has 2 rings (SSSR count). The molecule has 0 aliphatic carbocycles. The number of thiazole rings is 1. The van der Waals surface area contributed by atoms with Gasteiger partial charge < -0.3 is 15.7 Å².